The highest BCUT2D eigenvalue weighted by Crippen LogP contribution is 2.11. The van der Waals surface area contributed by atoms with Gasteiger partial charge >= 0.3 is 0 Å². The van der Waals surface area contributed by atoms with Crippen molar-refractivity contribution in [1.29, 1.82) is 0 Å². The lowest BCUT2D eigenvalue weighted by molar-refractivity contribution is -0.121. The van der Waals surface area contributed by atoms with E-state index in [4.69, 9.17) is 12.2 Å². The fraction of sp³-hybridized carbons (Fsp3) is 0.182. The second kappa shape index (κ2) is 4.14. The zero-order chi connectivity index (χ0) is 12.6. The molecule has 1 aromatic rings. The van der Waals surface area contributed by atoms with Gasteiger partial charge in [-0.05, 0) is 29.9 Å². The van der Waals surface area contributed by atoms with Crippen molar-refractivity contribution in [3.8, 4) is 0 Å². The molecule has 1 fully saturated rings. The minimum absolute atomic E-state index is 0.0921. The first-order valence-corrected chi connectivity index (χ1v) is 5.37. The van der Waals surface area contributed by atoms with Crippen molar-refractivity contribution in [2.45, 2.75) is 0 Å². The Labute approximate surface area is 103 Å². The maximum absolute atomic E-state index is 11.7. The van der Waals surface area contributed by atoms with Crippen molar-refractivity contribution in [2.75, 3.05) is 7.05 Å². The van der Waals surface area contributed by atoms with E-state index in [0.717, 1.165) is 5.56 Å². The van der Waals surface area contributed by atoms with Crippen molar-refractivity contribution in [1.82, 2.24) is 14.8 Å². The van der Waals surface area contributed by atoms with Crippen LogP contribution in [0.15, 0.2) is 28.8 Å². The van der Waals surface area contributed by atoms with E-state index in [1.165, 1.54) is 15.5 Å². The highest BCUT2D eigenvalue weighted by atomic mass is 32.1. The Hall–Kier alpha value is -1.95. The third-order valence-electron chi connectivity index (χ3n) is 2.50. The SMILES string of the molecule is CN1C(=O)/C(=C\c2ccc(=O)n(C)c2)NC1=S. The number of carbonyl (C=O) groups is 1. The van der Waals surface area contributed by atoms with Crippen molar-refractivity contribution >= 4 is 29.3 Å². The smallest absolute Gasteiger partial charge is 0.276 e. The lowest BCUT2D eigenvalue weighted by Gasteiger charge is -2.02. The number of amides is 1. The number of likely N-dealkylation sites (N-methyl/N-ethyl adjacent to an activating group) is 1. The number of nitrogens with one attached hydrogen (secondary N) is 1. The van der Waals surface area contributed by atoms with Gasteiger partial charge in [0, 0.05) is 26.4 Å². The molecule has 1 N–H and O–H groups in total. The van der Waals surface area contributed by atoms with E-state index in [1.54, 1.807) is 32.4 Å². The van der Waals surface area contributed by atoms with Crippen LogP contribution in [0.3, 0.4) is 0 Å². The van der Waals surface area contributed by atoms with E-state index in [1.807, 2.05) is 0 Å². The number of aromatic nitrogens is 1. The molecule has 1 saturated heterocycles. The van der Waals surface area contributed by atoms with Crippen molar-refractivity contribution in [2.24, 2.45) is 7.05 Å². The van der Waals surface area contributed by atoms with E-state index in [9.17, 15) is 9.59 Å². The maximum Gasteiger partial charge on any atom is 0.276 e. The molecule has 0 unspecified atom stereocenters. The van der Waals surface area contributed by atoms with Crippen LogP contribution in [0.25, 0.3) is 6.08 Å². The van der Waals surface area contributed by atoms with Gasteiger partial charge in [-0.15, -0.1) is 0 Å². The molecule has 6 heteroatoms. The van der Waals surface area contributed by atoms with Gasteiger partial charge in [-0.2, -0.15) is 0 Å². The second-order valence-electron chi connectivity index (χ2n) is 3.76. The quantitative estimate of drug-likeness (QED) is 0.565. The Morgan fingerprint density at radius 3 is 2.53 bits per heavy atom. The largest absolute Gasteiger partial charge is 0.328 e. The average Bonchev–Trinajstić information content (AvgIpc) is 2.52. The molecule has 1 aliphatic heterocycles. The molecule has 0 atom stereocenters. The van der Waals surface area contributed by atoms with E-state index < -0.39 is 0 Å². The van der Waals surface area contributed by atoms with Gasteiger partial charge < -0.3 is 9.88 Å². The molecule has 2 rings (SSSR count). The highest BCUT2D eigenvalue weighted by molar-refractivity contribution is 7.80. The first-order chi connectivity index (χ1) is 7.99. The average molecular weight is 249 g/mol. The molecule has 1 amide bonds. The van der Waals surface area contributed by atoms with Gasteiger partial charge in [0.2, 0.25) is 5.56 Å². The summed E-state index contributed by atoms with van der Waals surface area (Å²) in [5, 5.41) is 3.20. The van der Waals surface area contributed by atoms with Gasteiger partial charge in [-0.3, -0.25) is 14.5 Å². The van der Waals surface area contributed by atoms with Crippen LogP contribution in [0.4, 0.5) is 0 Å². The van der Waals surface area contributed by atoms with Crippen molar-refractivity contribution in [3.63, 3.8) is 0 Å². The van der Waals surface area contributed by atoms with E-state index in [2.05, 4.69) is 5.32 Å². The lowest BCUT2D eigenvalue weighted by Crippen LogP contribution is -2.25. The van der Waals surface area contributed by atoms with Crippen molar-refractivity contribution in [3.05, 3.63) is 39.9 Å². The Balaban J connectivity index is 2.37. The van der Waals surface area contributed by atoms with Gasteiger partial charge in [0.1, 0.15) is 5.70 Å². The molecule has 1 aliphatic rings. The standard InChI is InChI=1S/C11H11N3O2S/c1-13-6-7(3-4-9(13)15)5-8-10(16)14(2)11(17)12-8/h3-6H,1-2H3,(H,12,17)/b8-5+. The highest BCUT2D eigenvalue weighted by Gasteiger charge is 2.26. The molecule has 0 aliphatic carbocycles. The van der Waals surface area contributed by atoms with Crippen LogP contribution in [0.2, 0.25) is 0 Å². The molecule has 0 radical (unpaired) electrons. The summed E-state index contributed by atoms with van der Waals surface area (Å²) in [6.45, 7) is 0. The van der Waals surface area contributed by atoms with Crippen LogP contribution in [0, 0.1) is 0 Å². The van der Waals surface area contributed by atoms with Gasteiger partial charge in [0.15, 0.2) is 5.11 Å². The minimum atomic E-state index is -0.177. The monoisotopic (exact) mass is 249 g/mol. The predicted octanol–water partition coefficient (Wildman–Crippen LogP) is 0.0727. The first kappa shape index (κ1) is 11.5. The molecule has 2 heterocycles. The summed E-state index contributed by atoms with van der Waals surface area (Å²) >= 11 is 4.96. The maximum atomic E-state index is 11.7. The summed E-state index contributed by atoms with van der Waals surface area (Å²) in [4.78, 5) is 24.3. The van der Waals surface area contributed by atoms with Gasteiger partial charge in [-0.1, -0.05) is 0 Å². The zero-order valence-electron chi connectivity index (χ0n) is 9.43. The molecule has 88 valence electrons. The van der Waals surface area contributed by atoms with Gasteiger partial charge in [-0.25, -0.2) is 0 Å². The second-order valence-corrected chi connectivity index (χ2v) is 4.15. The van der Waals surface area contributed by atoms with Crippen LogP contribution < -0.4 is 10.9 Å². The van der Waals surface area contributed by atoms with Crippen LogP contribution in [0.1, 0.15) is 5.56 Å². The number of hydrogen-bond acceptors (Lipinski definition) is 3. The van der Waals surface area contributed by atoms with E-state index in [0.29, 0.717) is 10.8 Å². The number of nitrogens with zero attached hydrogens (tertiary/aromatic N) is 2. The zero-order valence-corrected chi connectivity index (χ0v) is 10.2. The third-order valence-corrected chi connectivity index (χ3v) is 2.88. The normalized spacial score (nSPS) is 17.8. The summed E-state index contributed by atoms with van der Waals surface area (Å²) in [7, 11) is 3.27. The van der Waals surface area contributed by atoms with Crippen LogP contribution in [-0.4, -0.2) is 27.5 Å². The molecular weight excluding hydrogens is 238 g/mol. The van der Waals surface area contributed by atoms with E-state index in [-0.39, 0.29) is 11.5 Å². The summed E-state index contributed by atoms with van der Waals surface area (Å²) in [5.74, 6) is -0.177. The van der Waals surface area contributed by atoms with Crippen LogP contribution in [-0.2, 0) is 11.8 Å². The summed E-state index contributed by atoms with van der Waals surface area (Å²) in [6, 6.07) is 3.11. The summed E-state index contributed by atoms with van der Waals surface area (Å²) in [5.41, 5.74) is 1.09. The molecular formula is C11H11N3O2S. The number of thiocarbonyl (C=S) groups is 1. The molecule has 0 spiro atoms. The lowest BCUT2D eigenvalue weighted by atomic mass is 10.2. The van der Waals surface area contributed by atoms with Crippen LogP contribution >= 0.6 is 12.2 Å². The van der Waals surface area contributed by atoms with Gasteiger partial charge in [0.05, 0.1) is 0 Å². The minimum Gasteiger partial charge on any atom is -0.328 e. The van der Waals surface area contributed by atoms with Crippen molar-refractivity contribution < 1.29 is 4.79 Å². The molecule has 0 saturated carbocycles. The number of aryl methyl sites for hydroxylation is 1. The molecule has 17 heavy (non-hydrogen) atoms. The Morgan fingerprint density at radius 1 is 1.29 bits per heavy atom. The Kier molecular flexibility index (Phi) is 2.81. The summed E-state index contributed by atoms with van der Waals surface area (Å²) in [6.07, 6.45) is 3.32. The summed E-state index contributed by atoms with van der Waals surface area (Å²) < 4.78 is 1.45. The molecule has 0 aromatic carbocycles. The van der Waals surface area contributed by atoms with E-state index >= 15 is 0 Å². The number of hydrogen-bond donors (Lipinski definition) is 1. The molecule has 0 bridgehead atoms. The fourth-order valence-electron chi connectivity index (χ4n) is 1.49. The topological polar surface area (TPSA) is 54.3 Å². The Morgan fingerprint density at radius 2 is 2.00 bits per heavy atom. The third kappa shape index (κ3) is 2.12. The van der Waals surface area contributed by atoms with Crippen LogP contribution in [0.5, 0.6) is 0 Å². The number of carbonyl (C=O) groups excluding carboxylic acids is 1. The van der Waals surface area contributed by atoms with Gasteiger partial charge in [0.25, 0.3) is 5.91 Å². The fourth-order valence-corrected chi connectivity index (χ4v) is 1.68. The number of rotatable bonds is 1. The number of pyridine rings is 1. The molecule has 1 aromatic heterocycles. The predicted molar refractivity (Wildman–Crippen MR) is 68.2 cm³/mol. The first-order valence-electron chi connectivity index (χ1n) is 4.96. The molecule has 5 nitrogen and oxygen atoms in total. The Bertz CT molecular complexity index is 589.